The summed E-state index contributed by atoms with van der Waals surface area (Å²) in [6.45, 7) is 4.43. The molecule has 0 spiro atoms. The van der Waals surface area contributed by atoms with E-state index in [1.165, 1.54) is 11.1 Å². The molecule has 0 radical (unpaired) electrons. The Morgan fingerprint density at radius 2 is 1.67 bits per heavy atom. The van der Waals surface area contributed by atoms with Gasteiger partial charge in [-0.05, 0) is 25.0 Å². The van der Waals surface area contributed by atoms with Gasteiger partial charge in [-0.2, -0.15) is 0 Å². The highest BCUT2D eigenvalue weighted by Crippen LogP contribution is 2.28. The summed E-state index contributed by atoms with van der Waals surface area (Å²) in [4.78, 5) is 0. The first kappa shape index (κ1) is 15.6. The smallest absolute Gasteiger partial charge is 0.123 e. The van der Waals surface area contributed by atoms with Gasteiger partial charge in [0.05, 0.1) is 7.11 Å². The SMILES string of the molecule is CCCC(N[C@H](C)c1ccccc1OC)c1ccccc1. The molecule has 0 saturated carbocycles. The quantitative estimate of drug-likeness (QED) is 0.781. The third-order valence-electron chi connectivity index (χ3n) is 3.84. The summed E-state index contributed by atoms with van der Waals surface area (Å²) in [5, 5.41) is 3.75. The zero-order chi connectivity index (χ0) is 15.1. The average Bonchev–Trinajstić information content (AvgIpc) is 2.55. The molecule has 0 aliphatic rings. The first-order chi connectivity index (χ1) is 10.3. The lowest BCUT2D eigenvalue weighted by Crippen LogP contribution is -2.25. The molecule has 0 aromatic heterocycles. The van der Waals surface area contributed by atoms with Crippen LogP contribution in [0.3, 0.4) is 0 Å². The molecule has 2 heteroatoms. The largest absolute Gasteiger partial charge is 0.496 e. The topological polar surface area (TPSA) is 21.3 Å². The maximum atomic E-state index is 5.47. The molecule has 0 saturated heterocycles. The van der Waals surface area contributed by atoms with Crippen molar-refractivity contribution in [3.8, 4) is 5.75 Å². The second-order valence-corrected chi connectivity index (χ2v) is 5.38. The van der Waals surface area contributed by atoms with Crippen molar-refractivity contribution in [2.75, 3.05) is 7.11 Å². The lowest BCUT2D eigenvalue weighted by molar-refractivity contribution is 0.389. The molecule has 0 aliphatic carbocycles. The normalized spacial score (nSPS) is 13.7. The molecule has 112 valence electrons. The van der Waals surface area contributed by atoms with Gasteiger partial charge in [0.15, 0.2) is 0 Å². The number of ether oxygens (including phenoxy) is 1. The second-order valence-electron chi connectivity index (χ2n) is 5.38. The Balaban J connectivity index is 2.16. The lowest BCUT2D eigenvalue weighted by atomic mass is 9.99. The standard InChI is InChI=1S/C19H25NO/c1-4-10-18(16-11-6-5-7-12-16)20-15(2)17-13-8-9-14-19(17)21-3/h5-9,11-15,18,20H,4,10H2,1-3H3/t15-,18?/m1/s1. The second kappa shape index (κ2) is 7.84. The molecule has 2 rings (SSSR count). The Bertz CT molecular complexity index is 538. The number of nitrogens with one attached hydrogen (secondary N) is 1. The van der Waals surface area contributed by atoms with Gasteiger partial charge in [-0.25, -0.2) is 0 Å². The van der Waals surface area contributed by atoms with Crippen LogP contribution >= 0.6 is 0 Å². The predicted octanol–water partition coefficient (Wildman–Crippen LogP) is 4.89. The number of rotatable bonds is 7. The van der Waals surface area contributed by atoms with E-state index in [9.17, 15) is 0 Å². The summed E-state index contributed by atoms with van der Waals surface area (Å²) in [6.07, 6.45) is 2.29. The van der Waals surface area contributed by atoms with Gasteiger partial charge in [0.1, 0.15) is 5.75 Å². The molecule has 0 fully saturated rings. The molecule has 21 heavy (non-hydrogen) atoms. The van der Waals surface area contributed by atoms with Crippen molar-refractivity contribution in [1.82, 2.24) is 5.32 Å². The number of para-hydroxylation sites is 1. The Morgan fingerprint density at radius 1 is 1.00 bits per heavy atom. The minimum absolute atomic E-state index is 0.248. The minimum atomic E-state index is 0.248. The first-order valence-corrected chi connectivity index (χ1v) is 7.70. The van der Waals surface area contributed by atoms with Crippen LogP contribution in [-0.4, -0.2) is 7.11 Å². The fourth-order valence-corrected chi connectivity index (χ4v) is 2.74. The lowest BCUT2D eigenvalue weighted by Gasteiger charge is -2.25. The van der Waals surface area contributed by atoms with Crippen molar-refractivity contribution in [2.24, 2.45) is 0 Å². The Hall–Kier alpha value is -1.80. The Labute approximate surface area is 128 Å². The van der Waals surface area contributed by atoms with E-state index in [4.69, 9.17) is 4.74 Å². The van der Waals surface area contributed by atoms with Crippen LogP contribution < -0.4 is 10.1 Å². The molecule has 1 unspecified atom stereocenters. The Kier molecular flexibility index (Phi) is 5.82. The molecule has 2 aromatic rings. The van der Waals surface area contributed by atoms with E-state index in [2.05, 4.69) is 61.6 Å². The van der Waals surface area contributed by atoms with Crippen molar-refractivity contribution in [3.05, 3.63) is 65.7 Å². The van der Waals surface area contributed by atoms with Gasteiger partial charge < -0.3 is 10.1 Å². The summed E-state index contributed by atoms with van der Waals surface area (Å²) in [7, 11) is 1.73. The van der Waals surface area contributed by atoms with Crippen molar-refractivity contribution >= 4 is 0 Å². The third kappa shape index (κ3) is 4.08. The maximum absolute atomic E-state index is 5.47. The summed E-state index contributed by atoms with van der Waals surface area (Å²) < 4.78 is 5.47. The summed E-state index contributed by atoms with van der Waals surface area (Å²) in [6, 6.07) is 19.5. The van der Waals surface area contributed by atoms with E-state index in [-0.39, 0.29) is 6.04 Å². The van der Waals surface area contributed by atoms with Crippen molar-refractivity contribution < 1.29 is 4.74 Å². The highest BCUT2D eigenvalue weighted by molar-refractivity contribution is 5.35. The van der Waals surface area contributed by atoms with Gasteiger partial charge in [-0.1, -0.05) is 61.9 Å². The van der Waals surface area contributed by atoms with Crippen LogP contribution in [0.25, 0.3) is 0 Å². The summed E-state index contributed by atoms with van der Waals surface area (Å²) >= 11 is 0. The van der Waals surface area contributed by atoms with Gasteiger partial charge >= 0.3 is 0 Å². The van der Waals surface area contributed by atoms with E-state index in [0.29, 0.717) is 6.04 Å². The van der Waals surface area contributed by atoms with Crippen molar-refractivity contribution in [1.29, 1.82) is 0 Å². The van der Waals surface area contributed by atoms with E-state index in [0.717, 1.165) is 18.6 Å². The van der Waals surface area contributed by atoms with E-state index in [1.54, 1.807) is 7.11 Å². The molecule has 0 heterocycles. The number of benzene rings is 2. The molecule has 2 aromatic carbocycles. The fraction of sp³-hybridized carbons (Fsp3) is 0.368. The van der Waals surface area contributed by atoms with Gasteiger partial charge in [-0.3, -0.25) is 0 Å². The van der Waals surface area contributed by atoms with Crippen LogP contribution in [0, 0.1) is 0 Å². The number of methoxy groups -OCH3 is 1. The van der Waals surface area contributed by atoms with Crippen LogP contribution in [0.5, 0.6) is 5.75 Å². The first-order valence-electron chi connectivity index (χ1n) is 7.70. The summed E-state index contributed by atoms with van der Waals surface area (Å²) in [5.41, 5.74) is 2.55. The van der Waals surface area contributed by atoms with Crippen LogP contribution in [0.2, 0.25) is 0 Å². The van der Waals surface area contributed by atoms with Gasteiger partial charge in [0.2, 0.25) is 0 Å². The van der Waals surface area contributed by atoms with Crippen LogP contribution in [-0.2, 0) is 0 Å². The van der Waals surface area contributed by atoms with Crippen LogP contribution in [0.15, 0.2) is 54.6 Å². The molecule has 0 amide bonds. The van der Waals surface area contributed by atoms with E-state index < -0.39 is 0 Å². The molecule has 2 atom stereocenters. The van der Waals surface area contributed by atoms with Gasteiger partial charge in [-0.15, -0.1) is 0 Å². The average molecular weight is 283 g/mol. The molecular formula is C19H25NO. The molecule has 0 bridgehead atoms. The minimum Gasteiger partial charge on any atom is -0.496 e. The highest BCUT2D eigenvalue weighted by atomic mass is 16.5. The van der Waals surface area contributed by atoms with Crippen LogP contribution in [0.4, 0.5) is 0 Å². The van der Waals surface area contributed by atoms with Gasteiger partial charge in [0, 0.05) is 17.6 Å². The van der Waals surface area contributed by atoms with Crippen molar-refractivity contribution in [2.45, 2.75) is 38.8 Å². The predicted molar refractivity (Wildman–Crippen MR) is 88.6 cm³/mol. The molecule has 2 nitrogen and oxygen atoms in total. The highest BCUT2D eigenvalue weighted by Gasteiger charge is 2.16. The third-order valence-corrected chi connectivity index (χ3v) is 3.84. The van der Waals surface area contributed by atoms with E-state index in [1.807, 2.05) is 12.1 Å². The zero-order valence-electron chi connectivity index (χ0n) is 13.2. The Morgan fingerprint density at radius 3 is 2.33 bits per heavy atom. The summed E-state index contributed by atoms with van der Waals surface area (Å²) in [5.74, 6) is 0.945. The van der Waals surface area contributed by atoms with Crippen LogP contribution in [0.1, 0.15) is 49.9 Å². The molecular weight excluding hydrogens is 258 g/mol. The molecule has 0 aliphatic heterocycles. The number of hydrogen-bond acceptors (Lipinski definition) is 2. The van der Waals surface area contributed by atoms with E-state index >= 15 is 0 Å². The van der Waals surface area contributed by atoms with Crippen molar-refractivity contribution in [3.63, 3.8) is 0 Å². The zero-order valence-corrected chi connectivity index (χ0v) is 13.2. The number of hydrogen-bond donors (Lipinski definition) is 1. The molecule has 1 N–H and O–H groups in total. The fourth-order valence-electron chi connectivity index (χ4n) is 2.74. The van der Waals surface area contributed by atoms with Gasteiger partial charge in [0.25, 0.3) is 0 Å². The monoisotopic (exact) mass is 283 g/mol. The maximum Gasteiger partial charge on any atom is 0.123 e.